The molecule has 0 fully saturated rings. The third-order valence-electron chi connectivity index (χ3n) is 16.0. The first kappa shape index (κ1) is 139. The van der Waals surface area contributed by atoms with Gasteiger partial charge in [-0.15, -0.1) is 0 Å². The smallest absolute Gasteiger partial charge is 0.741 e. The van der Waals surface area contributed by atoms with Crippen LogP contribution in [0.5, 0.6) is 0 Å². The second-order valence-electron chi connectivity index (χ2n) is 26.2. The maximum Gasteiger partial charge on any atom is 2.00 e. The standard InChI is InChI=1S/4C21H19N3.4CHCl3.4CHF3O3S.2Pt/c4*1-24(20(22)17-11-5-2-6-12-17)21(18-13-7-3-8-14-18)23-19-15-9-4-10-16-19;4*2-1(3)4;4*2-1(3,4)8(5,6)7;;/h4*2-16,22H,1H3;4*1H;4*(H,5,6,7);;/q;;;;;;;;;;;;2*+2/p-4. The molecule has 0 amide bonds. The molecular weight excluding hydrogens is 2640 g/mol. The number of alkyl halides is 24. The van der Waals surface area contributed by atoms with Gasteiger partial charge < -0.3 is 37.8 Å². The van der Waals surface area contributed by atoms with Gasteiger partial charge in [0.15, 0.2) is 57.7 Å². The molecule has 792 valence electrons. The summed E-state index contributed by atoms with van der Waals surface area (Å²) in [7, 11) is -16.8. The summed E-state index contributed by atoms with van der Waals surface area (Å²) in [5.41, 5.74) is -11.8. The van der Waals surface area contributed by atoms with E-state index in [-0.39, 0.29) is 42.1 Å². The van der Waals surface area contributed by atoms with Crippen LogP contribution >= 0.6 is 139 Å². The Labute approximate surface area is 924 Å². The van der Waals surface area contributed by atoms with Gasteiger partial charge in [0.2, 0.25) is 0 Å². The Bertz CT molecular complexity index is 5640. The predicted molar refractivity (Wildman–Crippen MR) is 549 cm³/mol. The second-order valence-corrected chi connectivity index (χ2v) is 39.6. The number of hydrogen-bond acceptors (Lipinski definition) is 20. The topological polar surface area (TPSA) is 387 Å². The van der Waals surface area contributed by atoms with Crippen LogP contribution in [0.15, 0.2) is 384 Å². The van der Waals surface area contributed by atoms with Gasteiger partial charge in [-0.2, -0.15) is 52.7 Å². The minimum Gasteiger partial charge on any atom is -0.741 e. The molecule has 12 rings (SSSR count). The molecule has 12 aromatic rings. The number of para-hydroxylation sites is 4. The van der Waals surface area contributed by atoms with Crippen molar-refractivity contribution in [3.05, 3.63) is 408 Å². The van der Waals surface area contributed by atoms with E-state index in [0.29, 0.717) is 23.3 Å². The minimum atomic E-state index is -6.09. The van der Waals surface area contributed by atoms with Crippen LogP contribution in [-0.4, -0.2) is 186 Å². The number of halogens is 24. The summed E-state index contributed by atoms with van der Waals surface area (Å²) in [6, 6.07) is 118. The van der Waals surface area contributed by atoms with Crippen LogP contribution < -0.4 is 0 Å². The van der Waals surface area contributed by atoms with Gasteiger partial charge in [0.05, 0.1) is 22.7 Å². The quantitative estimate of drug-likeness (QED) is 0.0220. The van der Waals surface area contributed by atoms with E-state index in [9.17, 15) is 52.7 Å². The number of benzene rings is 12. The van der Waals surface area contributed by atoms with Crippen molar-refractivity contribution in [2.45, 2.75) is 39.2 Å². The first-order chi connectivity index (χ1) is 66.9. The molecule has 54 heteroatoms. The number of hydrogen-bond donors (Lipinski definition) is 4. The average Bonchev–Trinajstić information content (AvgIpc) is 0.831. The number of amidine groups is 8. The molecule has 0 saturated heterocycles. The molecule has 4 N–H and O–H groups in total. The van der Waals surface area contributed by atoms with Crippen LogP contribution in [0, 0.1) is 21.6 Å². The zero-order chi connectivity index (χ0) is 109. The molecule has 0 aliphatic heterocycles. The molecule has 12 aromatic carbocycles. The molecule has 0 aliphatic carbocycles. The first-order valence-corrected chi connectivity index (χ1v) is 49.9. The Hall–Kier alpha value is -9.14. The normalized spacial score (nSPS) is 11.4. The SMILES string of the molecule is CN(C(=N)c1ccccc1)C(=Nc1ccccc1)c1ccccc1.CN(C(=N)c1ccccc1)C(=Nc1ccccc1)c1ccccc1.CN(C(=N)c1ccccc1)C(=Nc1ccccc1)c1ccccc1.CN(C(=N)c1ccccc1)C(=Nc1ccccc1)c1ccccc1.ClC(Cl)Cl.ClC(Cl)Cl.ClC(Cl)Cl.ClC(Cl)Cl.O=S(=O)([O-])C(F)(F)F.O=S(=O)([O-])C(F)(F)F.O=S(=O)([O-])C(F)(F)F.O=S(=O)([O-])C(F)(F)F.[Pt+2].[Pt+2]. The van der Waals surface area contributed by atoms with Crippen molar-refractivity contribution in [3.8, 4) is 0 Å². The van der Waals surface area contributed by atoms with Crippen molar-refractivity contribution in [1.82, 2.24) is 19.6 Å². The van der Waals surface area contributed by atoms with Gasteiger partial charge in [0.1, 0.15) is 46.7 Å². The average molecular weight is 2720 g/mol. The summed E-state index contributed by atoms with van der Waals surface area (Å²) < 4.78 is 233. The van der Waals surface area contributed by atoms with Crippen LogP contribution in [0.4, 0.5) is 75.4 Å². The van der Waals surface area contributed by atoms with Crippen molar-refractivity contribution in [2.75, 3.05) is 28.2 Å². The van der Waals surface area contributed by atoms with Crippen LogP contribution in [-0.2, 0) is 82.6 Å². The second kappa shape index (κ2) is 70.8. The van der Waals surface area contributed by atoms with E-state index in [2.05, 4.69) is 0 Å². The van der Waals surface area contributed by atoms with Crippen LogP contribution in [0.25, 0.3) is 0 Å². The fourth-order valence-electron chi connectivity index (χ4n) is 9.76. The zero-order valence-corrected chi connectivity index (χ0v) is 91.6. The van der Waals surface area contributed by atoms with Gasteiger partial charge in [-0.25, -0.2) is 53.6 Å². The molecule has 146 heavy (non-hydrogen) atoms. The van der Waals surface area contributed by atoms with Crippen molar-refractivity contribution in [3.63, 3.8) is 0 Å². The first-order valence-electron chi connectivity index (χ1n) is 39.0. The Morgan fingerprint density at radius 1 is 0.219 bits per heavy atom. The Morgan fingerprint density at radius 2 is 0.301 bits per heavy atom. The molecule has 0 heterocycles. The Balaban J connectivity index is 0. The molecule has 0 unspecified atom stereocenters. The van der Waals surface area contributed by atoms with Crippen molar-refractivity contribution >= 4 is 249 Å². The molecule has 0 radical (unpaired) electrons. The number of nitrogens with one attached hydrogen (secondary N) is 4. The minimum absolute atomic E-state index is 0. The third-order valence-corrected chi connectivity index (χ3v) is 18.3. The Kier molecular flexibility index (Phi) is 67.3. The molecule has 0 aromatic heterocycles. The summed E-state index contributed by atoms with van der Waals surface area (Å²) in [5.74, 6) is 4.63. The Morgan fingerprint density at radius 3 is 0.390 bits per heavy atom. The molecule has 0 spiro atoms. The van der Waals surface area contributed by atoms with Crippen molar-refractivity contribution in [1.29, 1.82) is 21.6 Å². The van der Waals surface area contributed by atoms with E-state index in [1.54, 1.807) is 0 Å². The largest absolute Gasteiger partial charge is 2.00 e. The monoisotopic (exact) mass is 2710 g/mol. The van der Waals surface area contributed by atoms with E-state index in [4.69, 9.17) is 233 Å². The van der Waals surface area contributed by atoms with Crippen molar-refractivity contribution < 1.29 is 147 Å². The molecule has 0 aliphatic rings. The van der Waals surface area contributed by atoms with E-state index in [1.165, 1.54) is 0 Å². The maximum atomic E-state index is 10.7. The van der Waals surface area contributed by atoms with Crippen LogP contribution in [0.1, 0.15) is 44.5 Å². The predicted octanol–water partition coefficient (Wildman–Crippen LogP) is 27.0. The number of aliphatic imine (C=N–C) groups is 4. The van der Waals surface area contributed by atoms with Gasteiger partial charge in [0.25, 0.3) is 0 Å². The van der Waals surface area contributed by atoms with E-state index >= 15 is 0 Å². The van der Waals surface area contributed by atoms with Gasteiger partial charge in [-0.05, 0) is 48.5 Å². The van der Waals surface area contributed by atoms with Gasteiger partial charge >= 0.3 is 64.2 Å². The van der Waals surface area contributed by atoms with Gasteiger partial charge in [-0.3, -0.25) is 21.6 Å². The fraction of sp³-hybridized carbons (Fsp3) is 0.130. The zero-order valence-electron chi connectivity index (χ0n) is 74.8. The number of nitrogens with zero attached hydrogens (tertiary/aromatic N) is 8. The summed E-state index contributed by atoms with van der Waals surface area (Å²) in [5, 5.41) is 34.1. The maximum absolute atomic E-state index is 10.7. The summed E-state index contributed by atoms with van der Waals surface area (Å²) in [4.78, 5) is 26.4. The van der Waals surface area contributed by atoms with Crippen molar-refractivity contribution in [2.24, 2.45) is 20.0 Å². The molecule has 24 nitrogen and oxygen atoms in total. The molecule has 0 saturated carbocycles. The van der Waals surface area contributed by atoms with Crippen LogP contribution in [0.2, 0.25) is 0 Å². The molecule has 0 bridgehead atoms. The molecule has 0 atom stereocenters. The van der Waals surface area contributed by atoms with E-state index in [1.807, 2.05) is 412 Å². The summed E-state index contributed by atoms with van der Waals surface area (Å²) in [6.45, 7) is 0. The van der Waals surface area contributed by atoms with Gasteiger partial charge in [0, 0.05) is 72.7 Å². The van der Waals surface area contributed by atoms with E-state index in [0.717, 1.165) is 90.6 Å². The summed E-state index contributed by atoms with van der Waals surface area (Å²) in [6.07, 6.45) is 0. The number of rotatable bonds is 12. The van der Waals surface area contributed by atoms with Crippen LogP contribution in [0.3, 0.4) is 0 Å². The van der Waals surface area contributed by atoms with Gasteiger partial charge in [-0.1, -0.05) is 455 Å². The molecular formula is C92H80Cl12F12N12O12Pt2S4. The van der Waals surface area contributed by atoms with E-state index < -0.39 is 79.7 Å². The summed E-state index contributed by atoms with van der Waals surface area (Å²) >= 11 is 57.7. The fourth-order valence-corrected chi connectivity index (χ4v) is 9.76. The third kappa shape index (κ3) is 58.7.